The number of amides is 2. The maximum Gasteiger partial charge on any atom is 0.387 e. The van der Waals surface area contributed by atoms with Crippen LogP contribution < -0.4 is 15.4 Å². The number of benzene rings is 2. The van der Waals surface area contributed by atoms with Crippen molar-refractivity contribution in [1.29, 1.82) is 0 Å². The van der Waals surface area contributed by atoms with Gasteiger partial charge in [0.15, 0.2) is 0 Å². The number of hydrogen-bond donors (Lipinski definition) is 2. The molecule has 27 heavy (non-hydrogen) atoms. The molecule has 0 aromatic heterocycles. The fraction of sp³-hybridized carbons (Fsp3) is 0.176. The largest absolute Gasteiger partial charge is 0.433 e. The monoisotopic (exact) mass is 379 g/mol. The summed E-state index contributed by atoms with van der Waals surface area (Å²) in [6, 6.07) is 10.7. The zero-order valence-electron chi connectivity index (χ0n) is 13.9. The maximum atomic E-state index is 12.3. The van der Waals surface area contributed by atoms with E-state index in [2.05, 4.69) is 15.4 Å². The molecule has 0 radical (unpaired) electrons. The van der Waals surface area contributed by atoms with Gasteiger partial charge in [0.2, 0.25) is 5.91 Å². The summed E-state index contributed by atoms with van der Waals surface area (Å²) < 4.78 is 29.0. The number of nitro benzene ring substituents is 1. The Morgan fingerprint density at radius 2 is 1.78 bits per heavy atom. The number of alkyl halides is 2. The Kier molecular flexibility index (Phi) is 6.75. The molecular formula is C17H15F2N3O5. The Labute approximate surface area is 152 Å². The van der Waals surface area contributed by atoms with E-state index in [1.165, 1.54) is 42.5 Å². The summed E-state index contributed by atoms with van der Waals surface area (Å²) in [4.78, 5) is 33.8. The predicted octanol–water partition coefficient (Wildman–Crippen LogP) is 2.95. The van der Waals surface area contributed by atoms with Gasteiger partial charge in [-0.15, -0.1) is 0 Å². The number of halogens is 2. The molecule has 142 valence electrons. The van der Waals surface area contributed by atoms with Crippen LogP contribution in [0, 0.1) is 10.1 Å². The SMILES string of the molecule is O=C(CCNC(=O)c1ccc([N+](=O)[O-])cc1)Nc1ccccc1OC(F)F. The summed E-state index contributed by atoms with van der Waals surface area (Å²) in [6.45, 7) is -3.04. The van der Waals surface area contributed by atoms with Crippen LogP contribution in [-0.2, 0) is 4.79 Å². The summed E-state index contributed by atoms with van der Waals surface area (Å²) in [6.07, 6.45) is -0.109. The topological polar surface area (TPSA) is 111 Å². The molecule has 0 saturated heterocycles. The van der Waals surface area contributed by atoms with Gasteiger partial charge in [0.05, 0.1) is 10.6 Å². The number of carbonyl (C=O) groups excluding carboxylic acids is 2. The van der Waals surface area contributed by atoms with Crippen LogP contribution in [0.15, 0.2) is 48.5 Å². The fourth-order valence-corrected chi connectivity index (χ4v) is 2.11. The molecule has 0 aliphatic carbocycles. The van der Waals surface area contributed by atoms with Gasteiger partial charge >= 0.3 is 6.61 Å². The molecule has 0 aliphatic heterocycles. The number of non-ortho nitro benzene ring substituents is 1. The molecule has 0 aliphatic rings. The normalized spacial score (nSPS) is 10.3. The van der Waals surface area contributed by atoms with Crippen LogP contribution in [0.25, 0.3) is 0 Å². The summed E-state index contributed by atoms with van der Waals surface area (Å²) in [5, 5.41) is 15.5. The predicted molar refractivity (Wildman–Crippen MR) is 91.8 cm³/mol. The second kappa shape index (κ2) is 9.22. The molecule has 0 fully saturated rings. The number of carbonyl (C=O) groups is 2. The van der Waals surface area contributed by atoms with E-state index in [0.29, 0.717) is 0 Å². The van der Waals surface area contributed by atoms with Gasteiger partial charge in [-0.2, -0.15) is 8.78 Å². The highest BCUT2D eigenvalue weighted by Gasteiger charge is 2.13. The van der Waals surface area contributed by atoms with Gasteiger partial charge in [0.25, 0.3) is 11.6 Å². The number of rotatable bonds is 8. The van der Waals surface area contributed by atoms with E-state index in [1.807, 2.05) is 0 Å². The van der Waals surface area contributed by atoms with E-state index >= 15 is 0 Å². The van der Waals surface area contributed by atoms with Crippen LogP contribution in [-0.4, -0.2) is 29.9 Å². The van der Waals surface area contributed by atoms with Crippen molar-refractivity contribution >= 4 is 23.2 Å². The minimum atomic E-state index is -3.02. The average molecular weight is 379 g/mol. The number of nitrogens with one attached hydrogen (secondary N) is 2. The van der Waals surface area contributed by atoms with Gasteiger partial charge in [0, 0.05) is 30.7 Å². The Balaban J connectivity index is 1.84. The van der Waals surface area contributed by atoms with Crippen LogP contribution in [0.2, 0.25) is 0 Å². The Hall–Kier alpha value is -3.56. The summed E-state index contributed by atoms with van der Waals surface area (Å²) in [5.41, 5.74) is 0.150. The lowest BCUT2D eigenvalue weighted by Gasteiger charge is -2.11. The third kappa shape index (κ3) is 6.03. The van der Waals surface area contributed by atoms with Crippen LogP contribution in [0.1, 0.15) is 16.8 Å². The first-order chi connectivity index (χ1) is 12.9. The first-order valence-corrected chi connectivity index (χ1v) is 7.73. The number of hydrogen-bond acceptors (Lipinski definition) is 5. The number of para-hydroxylation sites is 2. The lowest BCUT2D eigenvalue weighted by molar-refractivity contribution is -0.384. The van der Waals surface area contributed by atoms with Crippen LogP contribution >= 0.6 is 0 Å². The van der Waals surface area contributed by atoms with Gasteiger partial charge in [-0.25, -0.2) is 0 Å². The third-order valence-corrected chi connectivity index (χ3v) is 3.36. The summed E-state index contributed by atoms with van der Waals surface area (Å²) >= 11 is 0. The second-order valence-corrected chi connectivity index (χ2v) is 5.23. The Morgan fingerprint density at radius 1 is 1.11 bits per heavy atom. The highest BCUT2D eigenvalue weighted by atomic mass is 19.3. The van der Waals surface area contributed by atoms with Crippen molar-refractivity contribution < 1.29 is 28.0 Å². The number of nitrogens with zero attached hydrogens (tertiary/aromatic N) is 1. The van der Waals surface area contributed by atoms with Crippen LogP contribution in [0.4, 0.5) is 20.2 Å². The van der Waals surface area contributed by atoms with Crippen molar-refractivity contribution in [3.63, 3.8) is 0 Å². The molecule has 2 amide bonds. The lowest BCUT2D eigenvalue weighted by Crippen LogP contribution is -2.27. The molecule has 2 aromatic rings. The molecule has 2 N–H and O–H groups in total. The molecule has 0 heterocycles. The van der Waals surface area contributed by atoms with Crippen molar-refractivity contribution in [2.24, 2.45) is 0 Å². The zero-order valence-corrected chi connectivity index (χ0v) is 13.9. The fourth-order valence-electron chi connectivity index (χ4n) is 2.11. The first-order valence-electron chi connectivity index (χ1n) is 7.73. The lowest BCUT2D eigenvalue weighted by atomic mass is 10.2. The molecule has 0 spiro atoms. The Bertz CT molecular complexity index is 828. The Morgan fingerprint density at radius 3 is 2.41 bits per heavy atom. The molecule has 0 bridgehead atoms. The minimum Gasteiger partial charge on any atom is -0.433 e. The molecule has 0 unspecified atom stereocenters. The summed E-state index contributed by atoms with van der Waals surface area (Å²) in [5.74, 6) is -1.18. The third-order valence-electron chi connectivity index (χ3n) is 3.36. The number of nitro groups is 1. The van der Waals surface area contributed by atoms with E-state index in [4.69, 9.17) is 0 Å². The first kappa shape index (κ1) is 19.8. The minimum absolute atomic E-state index is 0.0144. The van der Waals surface area contributed by atoms with Crippen molar-refractivity contribution in [3.05, 3.63) is 64.2 Å². The van der Waals surface area contributed by atoms with Gasteiger partial charge in [-0.05, 0) is 24.3 Å². The highest BCUT2D eigenvalue weighted by molar-refractivity contribution is 5.95. The van der Waals surface area contributed by atoms with E-state index in [1.54, 1.807) is 6.07 Å². The molecule has 8 nitrogen and oxygen atoms in total. The van der Waals surface area contributed by atoms with E-state index in [-0.39, 0.29) is 35.7 Å². The maximum absolute atomic E-state index is 12.3. The van der Waals surface area contributed by atoms with Crippen molar-refractivity contribution in [2.75, 3.05) is 11.9 Å². The quantitative estimate of drug-likeness (QED) is 0.541. The average Bonchev–Trinajstić information content (AvgIpc) is 2.63. The number of anilines is 1. The molecule has 2 rings (SSSR count). The molecular weight excluding hydrogens is 364 g/mol. The van der Waals surface area contributed by atoms with Gasteiger partial charge in [-0.3, -0.25) is 19.7 Å². The molecule has 2 aromatic carbocycles. The van der Waals surface area contributed by atoms with Crippen molar-refractivity contribution in [2.45, 2.75) is 13.0 Å². The van der Waals surface area contributed by atoms with Gasteiger partial charge in [-0.1, -0.05) is 12.1 Å². The standard InChI is InChI=1S/C17H15F2N3O5/c18-17(19)27-14-4-2-1-3-13(14)21-15(23)9-10-20-16(24)11-5-7-12(8-6-11)22(25)26/h1-8,17H,9-10H2,(H,20,24)(H,21,23). The summed E-state index contributed by atoms with van der Waals surface area (Å²) in [7, 11) is 0. The van der Waals surface area contributed by atoms with Gasteiger partial charge < -0.3 is 15.4 Å². The smallest absolute Gasteiger partial charge is 0.387 e. The van der Waals surface area contributed by atoms with Crippen molar-refractivity contribution in [1.82, 2.24) is 5.32 Å². The van der Waals surface area contributed by atoms with Crippen LogP contribution in [0.5, 0.6) is 5.75 Å². The number of ether oxygens (including phenoxy) is 1. The van der Waals surface area contributed by atoms with Crippen molar-refractivity contribution in [3.8, 4) is 5.75 Å². The van der Waals surface area contributed by atoms with Gasteiger partial charge in [0.1, 0.15) is 5.75 Å². The van der Waals surface area contributed by atoms with E-state index < -0.39 is 23.3 Å². The molecule has 0 saturated carbocycles. The zero-order chi connectivity index (χ0) is 19.8. The second-order valence-electron chi connectivity index (χ2n) is 5.23. The van der Waals surface area contributed by atoms with Crippen LogP contribution in [0.3, 0.4) is 0 Å². The van der Waals surface area contributed by atoms with E-state index in [0.717, 1.165) is 0 Å². The highest BCUT2D eigenvalue weighted by Crippen LogP contribution is 2.25. The van der Waals surface area contributed by atoms with E-state index in [9.17, 15) is 28.5 Å². The molecule has 10 heteroatoms. The molecule has 0 atom stereocenters.